The quantitative estimate of drug-likeness (QED) is 0.159. The first kappa shape index (κ1) is 20.1. The number of carbonyl (C=O) groups is 2. The van der Waals surface area contributed by atoms with E-state index in [1.54, 1.807) is 0 Å². The maximum absolute atomic E-state index is 10.3. The second-order valence-corrected chi connectivity index (χ2v) is 6.21. The third-order valence-corrected chi connectivity index (χ3v) is 3.69. The van der Waals surface area contributed by atoms with Gasteiger partial charge in [-0.1, -0.05) is 21.6 Å². The molecule has 0 aromatic rings. The van der Waals surface area contributed by atoms with Gasteiger partial charge in [0.25, 0.3) is 0 Å². The molecule has 0 aliphatic heterocycles. The maximum atomic E-state index is 10.3. The van der Waals surface area contributed by atoms with Gasteiger partial charge in [0.1, 0.15) is 12.1 Å². The molecule has 0 radical (unpaired) electrons. The Kier molecular flexibility index (Phi) is 13.3. The molecule has 18 heavy (non-hydrogen) atoms. The molecule has 0 fully saturated rings. The Labute approximate surface area is 115 Å². The fourth-order valence-electron chi connectivity index (χ4n) is 0.385. The Balaban J connectivity index is 0. The molecule has 0 spiro atoms. The van der Waals surface area contributed by atoms with Gasteiger partial charge in [-0.25, -0.2) is 0 Å². The summed E-state index contributed by atoms with van der Waals surface area (Å²) in [6.07, 6.45) is 0. The third kappa shape index (κ3) is 15.8. The van der Waals surface area contributed by atoms with Crippen molar-refractivity contribution in [2.45, 2.75) is 12.1 Å². The molecule has 0 aromatic carbocycles. The average Bonchev–Trinajstić information content (AvgIpc) is 2.22. The van der Waals surface area contributed by atoms with Crippen LogP contribution in [0, 0.1) is 0 Å². The summed E-state index contributed by atoms with van der Waals surface area (Å²) in [6, 6.07) is -1.85. The number of rotatable bonds is 7. The van der Waals surface area contributed by atoms with Gasteiger partial charge in [0, 0.05) is 11.5 Å². The van der Waals surface area contributed by atoms with E-state index in [0.717, 1.165) is 0 Å². The SMILES string of the molecule is NC(CSSCC(N)C(=O)O)C(=O)O.O=[Se](O)O. The van der Waals surface area contributed by atoms with Crippen LogP contribution in [0.3, 0.4) is 0 Å². The van der Waals surface area contributed by atoms with E-state index in [2.05, 4.69) is 0 Å². The standard InChI is InChI=1S/C6H12N2O4S2.H2O3Se/c7-3(5(9)10)1-13-14-2-4(8)6(11)12;1-4(2)3/h3-4H,1-2,7-8H2,(H,9,10)(H,11,12);(H2,1,2,3). The fourth-order valence-corrected chi connectivity index (χ4v) is 2.61. The van der Waals surface area contributed by atoms with Gasteiger partial charge in [-0.3, -0.25) is 9.59 Å². The second kappa shape index (κ2) is 11.9. The molecule has 2 unspecified atom stereocenters. The molecule has 0 rings (SSSR count). The van der Waals surface area contributed by atoms with Crippen LogP contribution < -0.4 is 11.5 Å². The Hall–Kier alpha value is -0.201. The topological polar surface area (TPSA) is 184 Å². The zero-order valence-corrected chi connectivity index (χ0v) is 12.3. The van der Waals surface area contributed by atoms with Gasteiger partial charge in [0.05, 0.1) is 0 Å². The van der Waals surface area contributed by atoms with Crippen molar-refractivity contribution in [2.24, 2.45) is 11.5 Å². The van der Waals surface area contributed by atoms with Crippen LogP contribution in [0.1, 0.15) is 0 Å². The van der Waals surface area contributed by atoms with Crippen LogP contribution in [0.4, 0.5) is 0 Å². The molecule has 0 aliphatic carbocycles. The van der Waals surface area contributed by atoms with Crippen LogP contribution in [0.5, 0.6) is 0 Å². The van der Waals surface area contributed by atoms with E-state index in [9.17, 15) is 9.59 Å². The van der Waals surface area contributed by atoms with Crippen molar-refractivity contribution >= 4 is 48.0 Å². The van der Waals surface area contributed by atoms with Crippen LogP contribution in [0.2, 0.25) is 0 Å². The molecule has 2 atom stereocenters. The van der Waals surface area contributed by atoms with Gasteiger partial charge < -0.3 is 21.7 Å². The first-order valence-electron chi connectivity index (χ1n) is 4.19. The van der Waals surface area contributed by atoms with E-state index in [-0.39, 0.29) is 11.5 Å². The van der Waals surface area contributed by atoms with Crippen LogP contribution >= 0.6 is 21.6 Å². The Morgan fingerprint density at radius 1 is 1.00 bits per heavy atom. The van der Waals surface area contributed by atoms with Gasteiger partial charge in [0.2, 0.25) is 0 Å². The van der Waals surface area contributed by atoms with Crippen molar-refractivity contribution in [2.75, 3.05) is 11.5 Å². The van der Waals surface area contributed by atoms with Gasteiger partial charge in [-0.2, -0.15) is 0 Å². The number of hydrogen-bond donors (Lipinski definition) is 6. The Morgan fingerprint density at radius 2 is 1.22 bits per heavy atom. The monoisotopic (exact) mass is 370 g/mol. The normalized spacial score (nSPS) is 13.4. The van der Waals surface area contributed by atoms with Gasteiger partial charge in [0.15, 0.2) is 0 Å². The summed E-state index contributed by atoms with van der Waals surface area (Å²) in [6.45, 7) is 0. The first-order chi connectivity index (χ1) is 8.18. The molecule has 0 amide bonds. The van der Waals surface area contributed by atoms with Crippen LogP contribution in [0.25, 0.3) is 0 Å². The minimum atomic E-state index is -3.29. The zero-order chi connectivity index (χ0) is 14.7. The molecular weight excluding hydrogens is 355 g/mol. The molecule has 0 heterocycles. The second-order valence-electron chi connectivity index (χ2n) is 2.69. The number of aliphatic carboxylic acids is 2. The molecule has 9 nitrogen and oxygen atoms in total. The van der Waals surface area contributed by atoms with Gasteiger partial charge >= 0.3 is 38.6 Å². The van der Waals surface area contributed by atoms with Crippen molar-refractivity contribution in [3.8, 4) is 0 Å². The predicted molar refractivity (Wildman–Crippen MR) is 67.0 cm³/mol. The molecule has 0 aliphatic rings. The molecule has 108 valence electrons. The molecule has 0 saturated heterocycles. The van der Waals surface area contributed by atoms with Crippen molar-refractivity contribution < 1.29 is 32.0 Å². The predicted octanol–water partition coefficient (Wildman–Crippen LogP) is -2.42. The van der Waals surface area contributed by atoms with E-state index in [1.807, 2.05) is 0 Å². The molecule has 0 aromatic heterocycles. The van der Waals surface area contributed by atoms with Crippen molar-refractivity contribution in [3.05, 3.63) is 0 Å². The minimum absolute atomic E-state index is 0.229. The van der Waals surface area contributed by atoms with Crippen molar-refractivity contribution in [3.63, 3.8) is 0 Å². The van der Waals surface area contributed by atoms with Crippen LogP contribution in [-0.2, 0) is 13.4 Å². The molecular formula is C6H14N2O7S2Se. The summed E-state index contributed by atoms with van der Waals surface area (Å²) in [5, 5.41) is 16.8. The van der Waals surface area contributed by atoms with E-state index in [0.29, 0.717) is 0 Å². The summed E-state index contributed by atoms with van der Waals surface area (Å²) in [5.74, 6) is -1.68. The van der Waals surface area contributed by atoms with E-state index >= 15 is 0 Å². The third-order valence-electron chi connectivity index (χ3n) is 1.21. The summed E-state index contributed by atoms with van der Waals surface area (Å²) in [4.78, 5) is 20.5. The summed E-state index contributed by atoms with van der Waals surface area (Å²) in [7, 11) is 2.41. The number of hydrogen-bond acceptors (Lipinski definition) is 7. The first-order valence-corrected chi connectivity index (χ1v) is 8.91. The van der Waals surface area contributed by atoms with Crippen LogP contribution in [0.15, 0.2) is 0 Å². The average molecular weight is 369 g/mol. The fraction of sp³-hybridized carbons (Fsp3) is 0.667. The summed E-state index contributed by atoms with van der Waals surface area (Å²) >= 11 is -3.29. The van der Waals surface area contributed by atoms with E-state index in [4.69, 9.17) is 33.9 Å². The molecule has 12 heteroatoms. The number of carboxylic acids is 2. The van der Waals surface area contributed by atoms with Crippen molar-refractivity contribution in [1.82, 2.24) is 0 Å². The summed E-state index contributed by atoms with van der Waals surface area (Å²) < 4.78 is 23.1. The molecule has 8 N–H and O–H groups in total. The summed E-state index contributed by atoms with van der Waals surface area (Å²) in [5.41, 5.74) is 10.4. The number of carboxylic acid groups (broad SMARTS) is 2. The van der Waals surface area contributed by atoms with Crippen molar-refractivity contribution in [1.29, 1.82) is 0 Å². The molecule has 0 bridgehead atoms. The number of nitrogens with two attached hydrogens (primary N) is 2. The van der Waals surface area contributed by atoms with Gasteiger partial charge in [-0.05, 0) is 0 Å². The molecule has 0 saturated carbocycles. The van der Waals surface area contributed by atoms with Gasteiger partial charge in [-0.15, -0.1) is 0 Å². The Morgan fingerprint density at radius 3 is 1.39 bits per heavy atom. The van der Waals surface area contributed by atoms with Crippen LogP contribution in [-0.4, -0.2) is 68.6 Å². The zero-order valence-electron chi connectivity index (χ0n) is 8.96. The van der Waals surface area contributed by atoms with E-state index < -0.39 is 38.5 Å². The Bertz CT molecular complexity index is 267. The van der Waals surface area contributed by atoms with E-state index in [1.165, 1.54) is 21.6 Å².